The van der Waals surface area contributed by atoms with Crippen molar-refractivity contribution in [2.24, 2.45) is 7.05 Å². The average molecular weight is 411 g/mol. The maximum absolute atomic E-state index is 12.8. The largest absolute Gasteiger partial charge is 0.462 e. The molecule has 0 atom stereocenters. The first-order chi connectivity index (χ1) is 12.6. The number of nitrogens with zero attached hydrogens (tertiary/aromatic N) is 2. The molecule has 3 rings (SSSR count). The molecule has 2 heterocycles. The summed E-state index contributed by atoms with van der Waals surface area (Å²) in [6.07, 6.45) is 0. The van der Waals surface area contributed by atoms with Crippen LogP contribution < -0.4 is 10.5 Å². The number of fused-ring (bicyclic) bond motifs is 1. The lowest BCUT2D eigenvalue weighted by atomic mass is 10.2. The highest BCUT2D eigenvalue weighted by Crippen LogP contribution is 2.28. The van der Waals surface area contributed by atoms with E-state index in [1.165, 1.54) is 17.7 Å². The van der Waals surface area contributed by atoms with Crippen LogP contribution in [0.5, 0.6) is 0 Å². The van der Waals surface area contributed by atoms with E-state index in [0.29, 0.717) is 16.8 Å². The molecule has 1 aromatic carbocycles. The van der Waals surface area contributed by atoms with Gasteiger partial charge in [0.15, 0.2) is 10.7 Å². The first kappa shape index (κ1) is 19.1. The van der Waals surface area contributed by atoms with E-state index in [1.54, 1.807) is 26.8 Å². The van der Waals surface area contributed by atoms with Gasteiger partial charge >= 0.3 is 11.7 Å². The van der Waals surface area contributed by atoms with E-state index >= 15 is 0 Å². The predicted octanol–water partition coefficient (Wildman–Crippen LogP) is 2.18. The summed E-state index contributed by atoms with van der Waals surface area (Å²) in [5, 5.41) is 0.0459. The van der Waals surface area contributed by atoms with Gasteiger partial charge in [0, 0.05) is 13.1 Å². The van der Waals surface area contributed by atoms with Crippen molar-refractivity contribution in [1.82, 2.24) is 9.55 Å². The standard InChI is InChI=1S/C16H17N3O6S2/c1-5-24-14(20)13-9(3)17-15(26-13)18-27(22,23)12-7-11-10(6-8(12)2)19(4)16(21)25-11/h6-7H,5H2,1-4H3,(H,17,18). The number of esters is 1. The van der Waals surface area contributed by atoms with Crippen LogP contribution in [0.4, 0.5) is 5.13 Å². The number of rotatable bonds is 5. The minimum atomic E-state index is -4.01. The van der Waals surface area contributed by atoms with Crippen molar-refractivity contribution in [3.8, 4) is 0 Å². The number of aryl methyl sites for hydroxylation is 3. The third-order valence-electron chi connectivity index (χ3n) is 3.86. The molecule has 0 aliphatic heterocycles. The molecule has 0 aliphatic rings. The number of aromatic nitrogens is 2. The number of sulfonamides is 1. The Morgan fingerprint density at radius 2 is 2.07 bits per heavy atom. The minimum Gasteiger partial charge on any atom is -0.462 e. The van der Waals surface area contributed by atoms with Crippen LogP contribution in [0.25, 0.3) is 11.1 Å². The summed E-state index contributed by atoms with van der Waals surface area (Å²) in [6, 6.07) is 2.85. The second kappa shape index (κ2) is 6.82. The summed E-state index contributed by atoms with van der Waals surface area (Å²) in [6.45, 7) is 5.09. The fraction of sp³-hybridized carbons (Fsp3) is 0.312. The average Bonchev–Trinajstić information content (AvgIpc) is 3.07. The number of hydrogen-bond acceptors (Lipinski definition) is 8. The third-order valence-corrected chi connectivity index (χ3v) is 6.52. The molecule has 0 saturated heterocycles. The fourth-order valence-electron chi connectivity index (χ4n) is 2.54. The van der Waals surface area contributed by atoms with Crippen molar-refractivity contribution in [3.63, 3.8) is 0 Å². The second-order valence-electron chi connectivity index (χ2n) is 5.77. The first-order valence-corrected chi connectivity index (χ1v) is 10.2. The Morgan fingerprint density at radius 3 is 2.74 bits per heavy atom. The zero-order valence-electron chi connectivity index (χ0n) is 15.0. The molecule has 0 spiro atoms. The van der Waals surface area contributed by atoms with Gasteiger partial charge in [-0.15, -0.1) is 0 Å². The van der Waals surface area contributed by atoms with Gasteiger partial charge in [-0.1, -0.05) is 11.3 Å². The van der Waals surface area contributed by atoms with Gasteiger partial charge in [0.25, 0.3) is 10.0 Å². The molecule has 0 fully saturated rings. The first-order valence-electron chi connectivity index (χ1n) is 7.91. The van der Waals surface area contributed by atoms with Crippen LogP contribution in [0.2, 0.25) is 0 Å². The Labute approximate surface area is 158 Å². The Kier molecular flexibility index (Phi) is 4.82. The van der Waals surface area contributed by atoms with E-state index in [0.717, 1.165) is 11.3 Å². The number of benzene rings is 1. The van der Waals surface area contributed by atoms with Gasteiger partial charge in [-0.3, -0.25) is 9.29 Å². The number of carbonyl (C=O) groups excluding carboxylic acids is 1. The van der Waals surface area contributed by atoms with Crippen LogP contribution in [0, 0.1) is 13.8 Å². The molecule has 0 unspecified atom stereocenters. The summed E-state index contributed by atoms with van der Waals surface area (Å²) in [5.74, 6) is -1.14. The topological polar surface area (TPSA) is 121 Å². The fourth-order valence-corrected chi connectivity index (χ4v) is 4.88. The SMILES string of the molecule is CCOC(=O)c1sc(NS(=O)(=O)c2cc3oc(=O)n(C)c3cc2C)nc1C. The molecule has 0 saturated carbocycles. The third kappa shape index (κ3) is 3.47. The van der Waals surface area contributed by atoms with Gasteiger partial charge in [-0.2, -0.15) is 0 Å². The summed E-state index contributed by atoms with van der Waals surface area (Å²) in [7, 11) is -2.47. The lowest BCUT2D eigenvalue weighted by Crippen LogP contribution is -2.14. The smallest absolute Gasteiger partial charge is 0.419 e. The van der Waals surface area contributed by atoms with Crippen molar-refractivity contribution in [1.29, 1.82) is 0 Å². The van der Waals surface area contributed by atoms with Crippen molar-refractivity contribution < 1.29 is 22.4 Å². The van der Waals surface area contributed by atoms with Gasteiger partial charge in [-0.25, -0.2) is 23.0 Å². The van der Waals surface area contributed by atoms with Crippen molar-refractivity contribution in [2.75, 3.05) is 11.3 Å². The van der Waals surface area contributed by atoms with E-state index < -0.39 is 21.7 Å². The van der Waals surface area contributed by atoms with Crippen LogP contribution >= 0.6 is 11.3 Å². The van der Waals surface area contributed by atoms with Crippen LogP contribution in [-0.2, 0) is 21.8 Å². The van der Waals surface area contributed by atoms with Crippen molar-refractivity contribution >= 4 is 43.6 Å². The number of ether oxygens (including phenoxy) is 1. The normalized spacial score (nSPS) is 11.7. The number of oxazole rings is 1. The molecule has 3 aromatic rings. The highest BCUT2D eigenvalue weighted by Gasteiger charge is 2.23. The molecule has 0 aliphatic carbocycles. The maximum atomic E-state index is 12.8. The molecule has 0 radical (unpaired) electrons. The van der Waals surface area contributed by atoms with Crippen LogP contribution in [-0.4, -0.2) is 30.5 Å². The molecule has 0 bridgehead atoms. The number of hydrogen-bond donors (Lipinski definition) is 1. The second-order valence-corrected chi connectivity index (χ2v) is 8.42. The molecular formula is C16H17N3O6S2. The maximum Gasteiger partial charge on any atom is 0.419 e. The van der Waals surface area contributed by atoms with Gasteiger partial charge < -0.3 is 9.15 Å². The molecule has 1 N–H and O–H groups in total. The van der Waals surface area contributed by atoms with Crippen molar-refractivity contribution in [2.45, 2.75) is 25.7 Å². The molecule has 0 amide bonds. The zero-order chi connectivity index (χ0) is 19.9. The van der Waals surface area contributed by atoms with Crippen LogP contribution in [0.15, 0.2) is 26.2 Å². The summed E-state index contributed by atoms with van der Waals surface area (Å²) < 4.78 is 39.2. The summed E-state index contributed by atoms with van der Waals surface area (Å²) in [5.41, 5.74) is 1.46. The monoisotopic (exact) mass is 411 g/mol. The number of nitrogens with one attached hydrogen (secondary N) is 1. The lowest BCUT2D eigenvalue weighted by Gasteiger charge is -2.08. The van der Waals surface area contributed by atoms with E-state index in [9.17, 15) is 18.0 Å². The molecule has 2 aromatic heterocycles. The zero-order valence-corrected chi connectivity index (χ0v) is 16.7. The van der Waals surface area contributed by atoms with Gasteiger partial charge in [0.1, 0.15) is 4.88 Å². The van der Waals surface area contributed by atoms with E-state index in [4.69, 9.17) is 9.15 Å². The minimum absolute atomic E-state index is 0.0459. The van der Waals surface area contributed by atoms with Gasteiger partial charge in [0.2, 0.25) is 0 Å². The highest BCUT2D eigenvalue weighted by atomic mass is 32.2. The predicted molar refractivity (Wildman–Crippen MR) is 99.8 cm³/mol. The Hall–Kier alpha value is -2.66. The quantitative estimate of drug-likeness (QED) is 0.639. The summed E-state index contributed by atoms with van der Waals surface area (Å²) >= 11 is 0.892. The van der Waals surface area contributed by atoms with E-state index in [1.807, 2.05) is 0 Å². The van der Waals surface area contributed by atoms with E-state index in [-0.39, 0.29) is 27.1 Å². The Morgan fingerprint density at radius 1 is 1.37 bits per heavy atom. The number of carbonyl (C=O) groups is 1. The molecular weight excluding hydrogens is 394 g/mol. The molecule has 144 valence electrons. The Bertz CT molecular complexity index is 1200. The lowest BCUT2D eigenvalue weighted by molar-refractivity contribution is 0.0531. The highest BCUT2D eigenvalue weighted by molar-refractivity contribution is 7.93. The molecule has 11 heteroatoms. The van der Waals surface area contributed by atoms with E-state index in [2.05, 4.69) is 9.71 Å². The van der Waals surface area contributed by atoms with Gasteiger partial charge in [-0.05, 0) is 32.4 Å². The number of anilines is 1. The van der Waals surface area contributed by atoms with Crippen LogP contribution in [0.1, 0.15) is 27.9 Å². The van der Waals surface area contributed by atoms with Gasteiger partial charge in [0.05, 0.1) is 22.7 Å². The molecule has 9 nitrogen and oxygen atoms in total. The number of thiazole rings is 1. The molecule has 27 heavy (non-hydrogen) atoms. The Balaban J connectivity index is 1.99. The van der Waals surface area contributed by atoms with Crippen LogP contribution in [0.3, 0.4) is 0 Å². The van der Waals surface area contributed by atoms with Crippen molar-refractivity contribution in [3.05, 3.63) is 38.8 Å². The summed E-state index contributed by atoms with van der Waals surface area (Å²) in [4.78, 5) is 27.8.